The number of hydrogen-bond donors (Lipinski definition) is 1. The summed E-state index contributed by atoms with van der Waals surface area (Å²) >= 11 is 1.49. The van der Waals surface area contributed by atoms with Crippen LogP contribution in [0, 0.1) is 0 Å². The molecular weight excluding hydrogens is 374 g/mol. The van der Waals surface area contributed by atoms with Crippen molar-refractivity contribution in [3.05, 3.63) is 65.5 Å². The van der Waals surface area contributed by atoms with Crippen LogP contribution in [0.4, 0.5) is 5.82 Å². The van der Waals surface area contributed by atoms with Crippen molar-refractivity contribution < 1.29 is 9.21 Å². The van der Waals surface area contributed by atoms with Crippen molar-refractivity contribution in [3.63, 3.8) is 0 Å². The van der Waals surface area contributed by atoms with Gasteiger partial charge >= 0.3 is 0 Å². The minimum Gasteiger partial charge on any atom is -0.455 e. The van der Waals surface area contributed by atoms with Gasteiger partial charge in [-0.1, -0.05) is 18.7 Å². The number of amides is 1. The quantitative estimate of drug-likeness (QED) is 0.461. The smallest absolute Gasteiger partial charge is 0.287 e. The predicted molar refractivity (Wildman–Crippen MR) is 109 cm³/mol. The Labute approximate surface area is 168 Å². The largest absolute Gasteiger partial charge is 0.455 e. The molecule has 28 heavy (non-hydrogen) atoms. The monoisotopic (exact) mass is 397 g/mol. The summed E-state index contributed by atoms with van der Waals surface area (Å²) in [6, 6.07) is 9.20. The Bertz CT molecular complexity index is 927. The van der Waals surface area contributed by atoms with Crippen molar-refractivity contribution in [2.75, 3.05) is 19.0 Å². The first-order valence-corrected chi connectivity index (χ1v) is 9.97. The summed E-state index contributed by atoms with van der Waals surface area (Å²) in [6.07, 6.45) is 4.24. The van der Waals surface area contributed by atoms with E-state index in [1.165, 1.54) is 11.8 Å². The van der Waals surface area contributed by atoms with E-state index < -0.39 is 0 Å². The normalized spacial score (nSPS) is 10.7. The zero-order chi connectivity index (χ0) is 19.9. The second kappa shape index (κ2) is 9.36. The van der Waals surface area contributed by atoms with Gasteiger partial charge in [0, 0.05) is 44.8 Å². The highest BCUT2D eigenvalue weighted by Crippen LogP contribution is 2.23. The summed E-state index contributed by atoms with van der Waals surface area (Å²) in [5.74, 6) is 2.19. The molecule has 0 saturated carbocycles. The van der Waals surface area contributed by atoms with E-state index in [-0.39, 0.29) is 5.91 Å². The van der Waals surface area contributed by atoms with E-state index in [1.807, 2.05) is 43.3 Å². The van der Waals surface area contributed by atoms with Crippen LogP contribution in [-0.4, -0.2) is 35.0 Å². The molecule has 0 unspecified atom stereocenters. The standard InChI is InChI=1S/C20H23N5O2S/c1-4-15-11-18(25(2)3)24-20(23-15)28-13-16-5-6-17(27-16)19(26)22-12-14-7-9-21-10-8-14/h5-11H,4,12-13H2,1-3H3,(H,22,26). The number of carbonyl (C=O) groups is 1. The van der Waals surface area contributed by atoms with Gasteiger partial charge in [0.2, 0.25) is 0 Å². The third-order valence-corrected chi connectivity index (χ3v) is 4.87. The number of hydrogen-bond acceptors (Lipinski definition) is 7. The van der Waals surface area contributed by atoms with Crippen molar-refractivity contribution in [1.29, 1.82) is 0 Å². The molecule has 3 rings (SSSR count). The molecule has 1 amide bonds. The second-order valence-corrected chi connectivity index (χ2v) is 7.28. The van der Waals surface area contributed by atoms with E-state index in [2.05, 4.69) is 27.2 Å². The third kappa shape index (κ3) is 5.32. The minimum absolute atomic E-state index is 0.243. The van der Waals surface area contributed by atoms with Crippen LogP contribution in [0.5, 0.6) is 0 Å². The molecule has 7 nitrogen and oxygen atoms in total. The Kier molecular flexibility index (Phi) is 6.65. The van der Waals surface area contributed by atoms with Crippen LogP contribution in [0.3, 0.4) is 0 Å². The van der Waals surface area contributed by atoms with Gasteiger partial charge in [-0.2, -0.15) is 0 Å². The number of nitrogens with one attached hydrogen (secondary N) is 1. The number of rotatable bonds is 8. The lowest BCUT2D eigenvalue weighted by Crippen LogP contribution is -2.22. The molecule has 0 aliphatic rings. The van der Waals surface area contributed by atoms with Crippen LogP contribution in [0.1, 0.15) is 34.5 Å². The van der Waals surface area contributed by atoms with Crippen molar-refractivity contribution in [2.45, 2.75) is 30.8 Å². The van der Waals surface area contributed by atoms with Crippen LogP contribution >= 0.6 is 11.8 Å². The van der Waals surface area contributed by atoms with Gasteiger partial charge in [0.25, 0.3) is 5.91 Å². The van der Waals surface area contributed by atoms with Crippen molar-refractivity contribution in [2.24, 2.45) is 0 Å². The van der Waals surface area contributed by atoms with Crippen molar-refractivity contribution >= 4 is 23.5 Å². The number of anilines is 1. The second-order valence-electron chi connectivity index (χ2n) is 6.34. The van der Waals surface area contributed by atoms with E-state index >= 15 is 0 Å². The highest BCUT2D eigenvalue weighted by molar-refractivity contribution is 7.98. The lowest BCUT2D eigenvalue weighted by molar-refractivity contribution is 0.0921. The highest BCUT2D eigenvalue weighted by atomic mass is 32.2. The summed E-state index contributed by atoms with van der Waals surface area (Å²) in [5, 5.41) is 3.54. The van der Waals surface area contributed by atoms with E-state index in [0.29, 0.717) is 29.0 Å². The molecular formula is C20H23N5O2S. The number of furan rings is 1. The molecule has 3 aromatic heterocycles. The fraction of sp³-hybridized carbons (Fsp3) is 0.300. The van der Waals surface area contributed by atoms with Crippen LogP contribution in [0.25, 0.3) is 0 Å². The number of carbonyl (C=O) groups excluding carboxylic acids is 1. The third-order valence-electron chi connectivity index (χ3n) is 4.00. The van der Waals surface area contributed by atoms with Gasteiger partial charge in [0.05, 0.1) is 5.75 Å². The Morgan fingerprint density at radius 1 is 1.18 bits per heavy atom. The molecule has 0 bridgehead atoms. The summed E-state index contributed by atoms with van der Waals surface area (Å²) in [6.45, 7) is 2.50. The average molecular weight is 398 g/mol. The lowest BCUT2D eigenvalue weighted by Gasteiger charge is -2.13. The molecule has 0 radical (unpaired) electrons. The molecule has 146 valence electrons. The summed E-state index contributed by atoms with van der Waals surface area (Å²) in [5.41, 5.74) is 1.98. The van der Waals surface area contributed by atoms with Gasteiger partial charge in [-0.25, -0.2) is 9.97 Å². The van der Waals surface area contributed by atoms with Gasteiger partial charge in [-0.15, -0.1) is 0 Å². The number of nitrogens with zero attached hydrogens (tertiary/aromatic N) is 4. The molecule has 3 aromatic rings. The van der Waals surface area contributed by atoms with Gasteiger partial charge in [-0.05, 0) is 36.2 Å². The Hall–Kier alpha value is -2.87. The van der Waals surface area contributed by atoms with Gasteiger partial charge in [0.15, 0.2) is 10.9 Å². The summed E-state index contributed by atoms with van der Waals surface area (Å²) in [7, 11) is 3.92. The first-order chi connectivity index (χ1) is 13.5. The minimum atomic E-state index is -0.243. The average Bonchev–Trinajstić information content (AvgIpc) is 3.20. The number of thioether (sulfide) groups is 1. The molecule has 1 N–H and O–H groups in total. The first-order valence-electron chi connectivity index (χ1n) is 8.99. The Morgan fingerprint density at radius 3 is 2.68 bits per heavy atom. The van der Waals surface area contributed by atoms with Gasteiger partial charge < -0.3 is 14.6 Å². The highest BCUT2D eigenvalue weighted by Gasteiger charge is 2.12. The molecule has 0 spiro atoms. The maximum absolute atomic E-state index is 12.3. The lowest BCUT2D eigenvalue weighted by atomic mass is 10.2. The number of aryl methyl sites for hydroxylation is 1. The van der Waals surface area contributed by atoms with E-state index in [0.717, 1.165) is 23.5 Å². The Balaban J connectivity index is 1.59. The topological polar surface area (TPSA) is 84.2 Å². The molecule has 3 heterocycles. The van der Waals surface area contributed by atoms with Gasteiger partial charge in [0.1, 0.15) is 11.6 Å². The van der Waals surface area contributed by atoms with Crippen LogP contribution in [0.15, 0.2) is 52.3 Å². The van der Waals surface area contributed by atoms with Crippen LogP contribution in [-0.2, 0) is 18.7 Å². The maximum Gasteiger partial charge on any atom is 0.287 e. The Morgan fingerprint density at radius 2 is 1.96 bits per heavy atom. The van der Waals surface area contributed by atoms with Crippen LogP contribution in [0.2, 0.25) is 0 Å². The maximum atomic E-state index is 12.3. The van der Waals surface area contributed by atoms with E-state index in [4.69, 9.17) is 4.42 Å². The number of aromatic nitrogens is 3. The van der Waals surface area contributed by atoms with Crippen molar-refractivity contribution in [1.82, 2.24) is 20.3 Å². The summed E-state index contributed by atoms with van der Waals surface area (Å²) in [4.78, 5) is 27.3. The molecule has 8 heteroatoms. The fourth-order valence-corrected chi connectivity index (χ4v) is 3.18. The zero-order valence-corrected chi connectivity index (χ0v) is 17.0. The first kappa shape index (κ1) is 19.9. The van der Waals surface area contributed by atoms with Gasteiger partial charge in [-0.3, -0.25) is 9.78 Å². The molecule has 0 fully saturated rings. The molecule has 0 saturated heterocycles. The SMILES string of the molecule is CCc1cc(N(C)C)nc(SCc2ccc(C(=O)NCc3ccncc3)o2)n1. The van der Waals surface area contributed by atoms with Crippen molar-refractivity contribution in [3.8, 4) is 0 Å². The van der Waals surface area contributed by atoms with E-state index in [1.54, 1.807) is 18.5 Å². The van der Waals surface area contributed by atoms with E-state index in [9.17, 15) is 4.79 Å². The fourth-order valence-electron chi connectivity index (χ4n) is 2.42. The predicted octanol–water partition coefficient (Wildman–Crippen LogP) is 3.32. The molecule has 0 aromatic carbocycles. The summed E-state index contributed by atoms with van der Waals surface area (Å²) < 4.78 is 5.68. The zero-order valence-electron chi connectivity index (χ0n) is 16.2. The molecule has 0 atom stereocenters. The molecule has 0 aliphatic carbocycles. The number of pyridine rings is 1. The molecule has 0 aliphatic heterocycles. The van der Waals surface area contributed by atoms with Crippen LogP contribution < -0.4 is 10.2 Å².